The van der Waals surface area contributed by atoms with Crippen molar-refractivity contribution in [3.05, 3.63) is 12.2 Å². The zero-order chi connectivity index (χ0) is 6.74. The first-order valence-electron chi connectivity index (χ1n) is 3.61. The molecule has 1 heterocycles. The average molecular weight is 125 g/mol. The van der Waals surface area contributed by atoms with Crippen LogP contribution in [0.4, 0.5) is 0 Å². The van der Waals surface area contributed by atoms with E-state index in [0.717, 1.165) is 6.54 Å². The first-order chi connectivity index (χ1) is 4.21. The van der Waals surface area contributed by atoms with Gasteiger partial charge in [0.2, 0.25) is 0 Å². The van der Waals surface area contributed by atoms with Crippen molar-refractivity contribution in [2.45, 2.75) is 32.2 Å². The van der Waals surface area contributed by atoms with Crippen LogP contribution in [0.15, 0.2) is 12.2 Å². The van der Waals surface area contributed by atoms with Gasteiger partial charge in [-0.25, -0.2) is 0 Å². The summed E-state index contributed by atoms with van der Waals surface area (Å²) < 4.78 is 0. The summed E-state index contributed by atoms with van der Waals surface area (Å²) in [5.74, 6) is 0. The summed E-state index contributed by atoms with van der Waals surface area (Å²) in [5, 5.41) is 3.43. The van der Waals surface area contributed by atoms with Crippen molar-refractivity contribution in [2.75, 3.05) is 6.54 Å². The summed E-state index contributed by atoms with van der Waals surface area (Å²) in [4.78, 5) is 0. The van der Waals surface area contributed by atoms with Crippen LogP contribution in [0.25, 0.3) is 0 Å². The Morgan fingerprint density at radius 1 is 1.33 bits per heavy atom. The molecule has 1 nitrogen and oxygen atoms in total. The smallest absolute Gasteiger partial charge is 0.0139 e. The molecule has 1 heteroatoms. The van der Waals surface area contributed by atoms with E-state index in [1.165, 1.54) is 12.8 Å². The third kappa shape index (κ3) is 2.19. The Hall–Kier alpha value is -0.300. The van der Waals surface area contributed by atoms with Crippen LogP contribution in [-0.2, 0) is 0 Å². The van der Waals surface area contributed by atoms with Crippen molar-refractivity contribution >= 4 is 0 Å². The van der Waals surface area contributed by atoms with Crippen LogP contribution in [0.5, 0.6) is 0 Å². The molecule has 0 amide bonds. The Morgan fingerprint density at radius 2 is 2.11 bits per heavy atom. The minimum absolute atomic E-state index is 0.351. The standard InChI is InChI=1S/C8H15N/c1-8(2)6-4-3-5-7-9-8/h3,5,9H,4,6-7H2,1-2H3. The first kappa shape index (κ1) is 6.81. The van der Waals surface area contributed by atoms with Gasteiger partial charge in [-0.15, -0.1) is 0 Å². The van der Waals surface area contributed by atoms with E-state index in [1.54, 1.807) is 0 Å². The van der Waals surface area contributed by atoms with E-state index in [1.807, 2.05) is 0 Å². The Labute approximate surface area is 57.1 Å². The molecule has 0 spiro atoms. The lowest BCUT2D eigenvalue weighted by Gasteiger charge is -2.23. The lowest BCUT2D eigenvalue weighted by molar-refractivity contribution is 0.389. The molecular weight excluding hydrogens is 110 g/mol. The van der Waals surface area contributed by atoms with Crippen LogP contribution in [0, 0.1) is 0 Å². The van der Waals surface area contributed by atoms with Gasteiger partial charge in [-0.3, -0.25) is 0 Å². The van der Waals surface area contributed by atoms with Crippen LogP contribution in [0.3, 0.4) is 0 Å². The molecule has 0 bridgehead atoms. The van der Waals surface area contributed by atoms with E-state index in [2.05, 4.69) is 31.3 Å². The van der Waals surface area contributed by atoms with Gasteiger partial charge in [0.25, 0.3) is 0 Å². The fourth-order valence-electron chi connectivity index (χ4n) is 1.07. The highest BCUT2D eigenvalue weighted by Gasteiger charge is 2.15. The van der Waals surface area contributed by atoms with Gasteiger partial charge in [0, 0.05) is 12.1 Å². The second-order valence-corrected chi connectivity index (χ2v) is 3.27. The fraction of sp³-hybridized carbons (Fsp3) is 0.750. The Kier molecular flexibility index (Phi) is 1.91. The van der Waals surface area contributed by atoms with Gasteiger partial charge >= 0.3 is 0 Å². The second kappa shape index (κ2) is 2.53. The van der Waals surface area contributed by atoms with E-state index < -0.39 is 0 Å². The van der Waals surface area contributed by atoms with Crippen molar-refractivity contribution in [1.82, 2.24) is 5.32 Å². The molecule has 1 aliphatic heterocycles. The number of nitrogens with one attached hydrogen (secondary N) is 1. The molecule has 52 valence electrons. The molecule has 0 aromatic rings. The van der Waals surface area contributed by atoms with Gasteiger partial charge < -0.3 is 5.32 Å². The largest absolute Gasteiger partial charge is 0.308 e. The Morgan fingerprint density at radius 3 is 2.89 bits per heavy atom. The third-order valence-corrected chi connectivity index (χ3v) is 1.80. The maximum absolute atomic E-state index is 3.43. The zero-order valence-electron chi connectivity index (χ0n) is 6.28. The number of rotatable bonds is 0. The predicted molar refractivity (Wildman–Crippen MR) is 40.5 cm³/mol. The monoisotopic (exact) mass is 125 g/mol. The topological polar surface area (TPSA) is 12.0 Å². The van der Waals surface area contributed by atoms with E-state index in [9.17, 15) is 0 Å². The van der Waals surface area contributed by atoms with Crippen molar-refractivity contribution in [3.8, 4) is 0 Å². The van der Waals surface area contributed by atoms with Crippen molar-refractivity contribution in [2.24, 2.45) is 0 Å². The van der Waals surface area contributed by atoms with Crippen LogP contribution in [0.2, 0.25) is 0 Å². The summed E-state index contributed by atoms with van der Waals surface area (Å²) >= 11 is 0. The Balaban J connectivity index is 2.44. The quantitative estimate of drug-likeness (QED) is 0.486. The molecule has 0 saturated carbocycles. The number of allylic oxidation sites excluding steroid dienone is 1. The molecule has 0 radical (unpaired) electrons. The van der Waals surface area contributed by atoms with E-state index in [-0.39, 0.29) is 0 Å². The van der Waals surface area contributed by atoms with E-state index in [0.29, 0.717) is 5.54 Å². The summed E-state index contributed by atoms with van der Waals surface area (Å²) in [6.45, 7) is 5.53. The molecule has 1 aliphatic rings. The summed E-state index contributed by atoms with van der Waals surface area (Å²) in [6.07, 6.45) is 6.93. The maximum Gasteiger partial charge on any atom is 0.0139 e. The minimum Gasteiger partial charge on any atom is -0.308 e. The number of hydrogen-bond donors (Lipinski definition) is 1. The van der Waals surface area contributed by atoms with Gasteiger partial charge in [0.1, 0.15) is 0 Å². The van der Waals surface area contributed by atoms with Gasteiger partial charge in [-0.2, -0.15) is 0 Å². The molecule has 0 aliphatic carbocycles. The van der Waals surface area contributed by atoms with Crippen LogP contribution in [0.1, 0.15) is 26.7 Å². The van der Waals surface area contributed by atoms with E-state index in [4.69, 9.17) is 0 Å². The highest BCUT2D eigenvalue weighted by Crippen LogP contribution is 2.13. The molecule has 0 atom stereocenters. The molecule has 1 N–H and O–H groups in total. The summed E-state index contributed by atoms with van der Waals surface area (Å²) in [6, 6.07) is 0. The van der Waals surface area contributed by atoms with Gasteiger partial charge in [-0.05, 0) is 26.7 Å². The normalized spacial score (nSPS) is 25.6. The first-order valence-corrected chi connectivity index (χ1v) is 3.61. The lowest BCUT2D eigenvalue weighted by Crippen LogP contribution is -2.38. The second-order valence-electron chi connectivity index (χ2n) is 3.27. The molecule has 9 heavy (non-hydrogen) atoms. The predicted octanol–water partition coefficient (Wildman–Crippen LogP) is 1.70. The van der Waals surface area contributed by atoms with Crippen molar-refractivity contribution < 1.29 is 0 Å². The molecule has 0 fully saturated rings. The van der Waals surface area contributed by atoms with E-state index >= 15 is 0 Å². The third-order valence-electron chi connectivity index (χ3n) is 1.80. The maximum atomic E-state index is 3.43. The van der Waals surface area contributed by atoms with Gasteiger partial charge in [0.15, 0.2) is 0 Å². The molecular formula is C8H15N. The van der Waals surface area contributed by atoms with Gasteiger partial charge in [0.05, 0.1) is 0 Å². The zero-order valence-corrected chi connectivity index (χ0v) is 6.28. The molecule has 0 aromatic heterocycles. The molecule has 0 unspecified atom stereocenters. The fourth-order valence-corrected chi connectivity index (χ4v) is 1.07. The highest BCUT2D eigenvalue weighted by molar-refractivity contribution is 4.93. The lowest BCUT2D eigenvalue weighted by atomic mass is 10.00. The average Bonchev–Trinajstić information content (AvgIpc) is 1.92. The van der Waals surface area contributed by atoms with Crippen LogP contribution >= 0.6 is 0 Å². The molecule has 0 aromatic carbocycles. The Bertz CT molecular complexity index is 102. The van der Waals surface area contributed by atoms with Crippen LogP contribution < -0.4 is 5.32 Å². The molecule has 0 saturated heterocycles. The van der Waals surface area contributed by atoms with Gasteiger partial charge in [-0.1, -0.05) is 12.2 Å². The van der Waals surface area contributed by atoms with Crippen molar-refractivity contribution in [3.63, 3.8) is 0 Å². The number of hydrogen-bond acceptors (Lipinski definition) is 1. The highest BCUT2D eigenvalue weighted by atomic mass is 14.9. The molecule has 1 rings (SSSR count). The minimum atomic E-state index is 0.351. The summed E-state index contributed by atoms with van der Waals surface area (Å²) in [7, 11) is 0. The SMILES string of the molecule is CC1(C)CCC=CCN1. The summed E-state index contributed by atoms with van der Waals surface area (Å²) in [5.41, 5.74) is 0.351. The van der Waals surface area contributed by atoms with Crippen LogP contribution in [-0.4, -0.2) is 12.1 Å². The van der Waals surface area contributed by atoms with Crippen molar-refractivity contribution in [1.29, 1.82) is 0 Å².